The molecular formula is C14H26N2. The van der Waals surface area contributed by atoms with Crippen LogP contribution in [-0.2, 0) is 17.9 Å². The van der Waals surface area contributed by atoms with Gasteiger partial charge in [-0.2, -0.15) is 5.10 Å². The molecule has 0 aliphatic carbocycles. The average molecular weight is 222 g/mol. The van der Waals surface area contributed by atoms with Crippen LogP contribution >= 0.6 is 0 Å². The summed E-state index contributed by atoms with van der Waals surface area (Å²) in [6.45, 7) is 13.5. The standard InChI is InChI=1S/C14H26N2/c1-8-9-14(5,6)11-10-12(13(2,3)4)16(7)15-11/h10H,8-9H2,1-7H3. The first-order valence-corrected chi connectivity index (χ1v) is 6.23. The Labute approximate surface area is 100 Å². The minimum atomic E-state index is 0.169. The van der Waals surface area contributed by atoms with Crippen molar-refractivity contribution in [1.82, 2.24) is 9.78 Å². The number of rotatable bonds is 3. The lowest BCUT2D eigenvalue weighted by molar-refractivity contribution is 0.451. The summed E-state index contributed by atoms with van der Waals surface area (Å²) >= 11 is 0. The van der Waals surface area contributed by atoms with Crippen LogP contribution in [0.1, 0.15) is 65.8 Å². The van der Waals surface area contributed by atoms with Gasteiger partial charge in [-0.05, 0) is 12.5 Å². The van der Waals surface area contributed by atoms with Gasteiger partial charge in [0.1, 0.15) is 0 Å². The molecule has 0 N–H and O–H groups in total. The molecule has 1 aromatic heterocycles. The van der Waals surface area contributed by atoms with Crippen LogP contribution in [0.3, 0.4) is 0 Å². The highest BCUT2D eigenvalue weighted by atomic mass is 15.3. The quantitative estimate of drug-likeness (QED) is 0.760. The fraction of sp³-hybridized carbons (Fsp3) is 0.786. The zero-order chi connectivity index (χ0) is 12.6. The van der Waals surface area contributed by atoms with Crippen molar-refractivity contribution >= 4 is 0 Å². The van der Waals surface area contributed by atoms with Crippen LogP contribution in [0, 0.1) is 0 Å². The zero-order valence-electron chi connectivity index (χ0n) is 11.9. The molecule has 92 valence electrons. The van der Waals surface area contributed by atoms with E-state index >= 15 is 0 Å². The number of nitrogens with zero attached hydrogens (tertiary/aromatic N) is 2. The smallest absolute Gasteiger partial charge is 0.0683 e. The molecule has 1 rings (SSSR count). The first-order chi connectivity index (χ1) is 7.18. The van der Waals surface area contributed by atoms with Gasteiger partial charge in [0, 0.05) is 23.6 Å². The summed E-state index contributed by atoms with van der Waals surface area (Å²) in [7, 11) is 2.05. The summed E-state index contributed by atoms with van der Waals surface area (Å²) in [4.78, 5) is 0. The highest BCUT2D eigenvalue weighted by molar-refractivity contribution is 5.23. The second kappa shape index (κ2) is 4.23. The Kier molecular flexibility index (Phi) is 3.51. The normalized spacial score (nSPS) is 13.2. The second-order valence-corrected chi connectivity index (χ2v) is 6.42. The van der Waals surface area contributed by atoms with Crippen molar-refractivity contribution in [3.63, 3.8) is 0 Å². The van der Waals surface area contributed by atoms with Gasteiger partial charge in [0.15, 0.2) is 0 Å². The molecule has 0 saturated carbocycles. The average Bonchev–Trinajstić information content (AvgIpc) is 2.46. The Bertz CT molecular complexity index is 353. The molecule has 0 spiro atoms. The van der Waals surface area contributed by atoms with Crippen molar-refractivity contribution < 1.29 is 0 Å². The number of hydrogen-bond donors (Lipinski definition) is 0. The summed E-state index contributed by atoms with van der Waals surface area (Å²) in [6, 6.07) is 2.27. The molecule has 0 amide bonds. The van der Waals surface area contributed by atoms with Gasteiger partial charge in [-0.15, -0.1) is 0 Å². The maximum absolute atomic E-state index is 4.68. The maximum atomic E-state index is 4.68. The molecular weight excluding hydrogens is 196 g/mol. The molecule has 0 unspecified atom stereocenters. The van der Waals surface area contributed by atoms with E-state index in [2.05, 4.69) is 52.7 Å². The van der Waals surface area contributed by atoms with E-state index in [4.69, 9.17) is 0 Å². The van der Waals surface area contributed by atoms with Gasteiger partial charge >= 0.3 is 0 Å². The highest BCUT2D eigenvalue weighted by Crippen LogP contribution is 2.31. The lowest BCUT2D eigenvalue weighted by Gasteiger charge is -2.21. The van der Waals surface area contributed by atoms with E-state index in [0.29, 0.717) is 0 Å². The van der Waals surface area contributed by atoms with Crippen LogP contribution in [0.2, 0.25) is 0 Å². The number of aryl methyl sites for hydroxylation is 1. The Morgan fingerprint density at radius 2 is 1.75 bits per heavy atom. The van der Waals surface area contributed by atoms with Crippen molar-refractivity contribution in [3.8, 4) is 0 Å². The van der Waals surface area contributed by atoms with Gasteiger partial charge in [-0.3, -0.25) is 4.68 Å². The van der Waals surface area contributed by atoms with Crippen LogP contribution in [0.15, 0.2) is 6.07 Å². The van der Waals surface area contributed by atoms with Crippen LogP contribution in [-0.4, -0.2) is 9.78 Å². The molecule has 0 aromatic carbocycles. The molecule has 0 aliphatic rings. The second-order valence-electron chi connectivity index (χ2n) is 6.42. The Morgan fingerprint density at radius 3 is 2.12 bits per heavy atom. The van der Waals surface area contributed by atoms with E-state index in [1.807, 2.05) is 11.7 Å². The minimum absolute atomic E-state index is 0.169. The van der Waals surface area contributed by atoms with Gasteiger partial charge in [0.2, 0.25) is 0 Å². The van der Waals surface area contributed by atoms with Crippen LogP contribution in [0.4, 0.5) is 0 Å². The largest absolute Gasteiger partial charge is 0.272 e. The lowest BCUT2D eigenvalue weighted by atomic mass is 9.83. The summed E-state index contributed by atoms with van der Waals surface area (Å²) in [5.41, 5.74) is 2.90. The topological polar surface area (TPSA) is 17.8 Å². The van der Waals surface area contributed by atoms with Gasteiger partial charge < -0.3 is 0 Å². The number of hydrogen-bond acceptors (Lipinski definition) is 1. The first kappa shape index (κ1) is 13.3. The Balaban J connectivity index is 3.10. The molecule has 16 heavy (non-hydrogen) atoms. The SMILES string of the molecule is CCCC(C)(C)c1cc(C(C)(C)C)n(C)n1. The third kappa shape index (κ3) is 2.66. The number of aromatic nitrogens is 2. The molecule has 0 aliphatic heterocycles. The van der Waals surface area contributed by atoms with E-state index in [-0.39, 0.29) is 10.8 Å². The third-order valence-corrected chi connectivity index (χ3v) is 3.22. The van der Waals surface area contributed by atoms with E-state index in [9.17, 15) is 0 Å². The van der Waals surface area contributed by atoms with E-state index < -0.39 is 0 Å². The van der Waals surface area contributed by atoms with Gasteiger partial charge in [0.05, 0.1) is 5.69 Å². The molecule has 1 aromatic rings. The first-order valence-electron chi connectivity index (χ1n) is 6.23. The van der Waals surface area contributed by atoms with Crippen molar-refractivity contribution in [2.45, 2.75) is 65.2 Å². The van der Waals surface area contributed by atoms with Gasteiger partial charge in [-0.25, -0.2) is 0 Å². The van der Waals surface area contributed by atoms with Gasteiger partial charge in [-0.1, -0.05) is 48.0 Å². The van der Waals surface area contributed by atoms with Crippen LogP contribution < -0.4 is 0 Å². The Morgan fingerprint density at radius 1 is 1.19 bits per heavy atom. The van der Waals surface area contributed by atoms with Crippen molar-refractivity contribution in [2.24, 2.45) is 7.05 Å². The summed E-state index contributed by atoms with van der Waals surface area (Å²) in [6.07, 6.45) is 2.39. The fourth-order valence-corrected chi connectivity index (χ4v) is 2.25. The summed E-state index contributed by atoms with van der Waals surface area (Å²) < 4.78 is 2.03. The minimum Gasteiger partial charge on any atom is -0.272 e. The molecule has 2 nitrogen and oxygen atoms in total. The molecule has 0 bridgehead atoms. The van der Waals surface area contributed by atoms with Gasteiger partial charge in [0.25, 0.3) is 0 Å². The molecule has 1 heterocycles. The molecule has 0 atom stereocenters. The van der Waals surface area contributed by atoms with Crippen molar-refractivity contribution in [2.75, 3.05) is 0 Å². The third-order valence-electron chi connectivity index (χ3n) is 3.22. The predicted molar refractivity (Wildman–Crippen MR) is 69.8 cm³/mol. The van der Waals surface area contributed by atoms with E-state index in [1.165, 1.54) is 24.2 Å². The highest BCUT2D eigenvalue weighted by Gasteiger charge is 2.26. The molecule has 0 saturated heterocycles. The summed E-state index contributed by atoms with van der Waals surface area (Å²) in [5, 5.41) is 4.68. The fourth-order valence-electron chi connectivity index (χ4n) is 2.25. The monoisotopic (exact) mass is 222 g/mol. The van der Waals surface area contributed by atoms with E-state index in [0.717, 1.165) is 0 Å². The van der Waals surface area contributed by atoms with Crippen LogP contribution in [0.5, 0.6) is 0 Å². The van der Waals surface area contributed by atoms with Crippen LogP contribution in [0.25, 0.3) is 0 Å². The molecule has 2 heteroatoms. The molecule has 0 radical (unpaired) electrons. The predicted octanol–water partition coefficient (Wildman–Crippen LogP) is 3.80. The Hall–Kier alpha value is -0.790. The lowest BCUT2D eigenvalue weighted by Crippen LogP contribution is -2.17. The van der Waals surface area contributed by atoms with Crippen molar-refractivity contribution in [3.05, 3.63) is 17.5 Å². The van der Waals surface area contributed by atoms with Crippen molar-refractivity contribution in [1.29, 1.82) is 0 Å². The molecule has 0 fully saturated rings. The summed E-state index contributed by atoms with van der Waals surface area (Å²) in [5.74, 6) is 0. The van der Waals surface area contributed by atoms with E-state index in [1.54, 1.807) is 0 Å². The maximum Gasteiger partial charge on any atom is 0.0683 e. The zero-order valence-corrected chi connectivity index (χ0v) is 11.9.